The van der Waals surface area contributed by atoms with Crippen molar-refractivity contribution in [1.29, 1.82) is 0 Å². The third-order valence-electron chi connectivity index (χ3n) is 8.46. The van der Waals surface area contributed by atoms with Crippen molar-refractivity contribution < 1.29 is 64.6 Å². The molecule has 7 atom stereocenters. The van der Waals surface area contributed by atoms with E-state index in [1.54, 1.807) is 0 Å². The fraction of sp³-hybridized carbons (Fsp3) is 0.833. The van der Waals surface area contributed by atoms with E-state index < -0.39 is 94.1 Å². The summed E-state index contributed by atoms with van der Waals surface area (Å²) in [6.45, 7) is 2.73. The maximum absolute atomic E-state index is 13.5. The van der Waals surface area contributed by atoms with Gasteiger partial charge in [0.1, 0.15) is 31.0 Å². The monoisotopic (exact) mass is 582 g/mol. The van der Waals surface area contributed by atoms with Crippen molar-refractivity contribution >= 4 is 34.0 Å². The van der Waals surface area contributed by atoms with E-state index in [-0.39, 0.29) is 11.8 Å². The Bertz CT molecular complexity index is 1120. The molecule has 0 spiro atoms. The number of carbonyl (C=O) groups excluding carboxylic acids is 4. The van der Waals surface area contributed by atoms with Crippen LogP contribution in [0.2, 0.25) is 0 Å². The van der Waals surface area contributed by atoms with E-state index in [9.17, 15) is 36.4 Å². The van der Waals surface area contributed by atoms with Crippen LogP contribution in [-0.2, 0) is 53.0 Å². The lowest BCUT2D eigenvalue weighted by atomic mass is 9.78. The van der Waals surface area contributed by atoms with Gasteiger partial charge in [-0.25, -0.2) is 9.59 Å². The van der Waals surface area contributed by atoms with Gasteiger partial charge in [-0.1, -0.05) is 13.8 Å². The van der Waals surface area contributed by atoms with Gasteiger partial charge < -0.3 is 23.7 Å². The van der Waals surface area contributed by atoms with Crippen molar-refractivity contribution in [2.24, 2.45) is 29.6 Å². The standard InChI is InChI=1S/C24H32F2O12S/c1-11(2)23(6-4-5-7-23)38-22(30)18-14-8-13-17(18)21(29)37-20(13)19(14)36-16(28)10-34-9-15(27)35-12(3)24(25,26)39(31,32)33/h11-14,17-20H,4-10H2,1-3H3,(H,31,32,33). The molecule has 0 amide bonds. The van der Waals surface area contributed by atoms with Gasteiger partial charge in [0.25, 0.3) is 0 Å². The summed E-state index contributed by atoms with van der Waals surface area (Å²) < 4.78 is 83.1. The number of halogens is 2. The third-order valence-corrected chi connectivity index (χ3v) is 9.48. The Hall–Kier alpha value is -2.39. The molecule has 0 aromatic heterocycles. The molecule has 7 unspecified atom stereocenters. The van der Waals surface area contributed by atoms with Gasteiger partial charge in [0.15, 0.2) is 6.10 Å². The first-order chi connectivity index (χ1) is 18.1. The summed E-state index contributed by atoms with van der Waals surface area (Å²) in [6.07, 6.45) is -0.397. The first-order valence-corrected chi connectivity index (χ1v) is 14.3. The number of carbonyl (C=O) groups is 4. The van der Waals surface area contributed by atoms with Crippen LogP contribution in [0, 0.1) is 29.6 Å². The molecule has 1 aliphatic heterocycles. The van der Waals surface area contributed by atoms with Crippen LogP contribution in [0.15, 0.2) is 0 Å². The molecular formula is C24H32F2O12S. The van der Waals surface area contributed by atoms with Crippen LogP contribution in [0.4, 0.5) is 8.78 Å². The Morgan fingerprint density at radius 2 is 1.72 bits per heavy atom. The number of hydrogen-bond acceptors (Lipinski definition) is 11. The SMILES string of the molecule is CC(C)C1(OC(=O)C2C3CC4C(OC(=O)C42)C3OC(=O)COCC(=O)OC(C)C(F)(F)S(=O)(=O)O)CCCC1. The van der Waals surface area contributed by atoms with Gasteiger partial charge in [-0.2, -0.15) is 17.2 Å². The second-order valence-electron chi connectivity index (χ2n) is 11.0. The largest absolute Gasteiger partial charge is 0.459 e. The van der Waals surface area contributed by atoms with Crippen molar-refractivity contribution in [3.8, 4) is 0 Å². The summed E-state index contributed by atoms with van der Waals surface area (Å²) in [4.78, 5) is 50.1. The number of alkyl halides is 2. The lowest BCUT2D eigenvalue weighted by Gasteiger charge is -2.37. The van der Waals surface area contributed by atoms with Crippen molar-refractivity contribution in [1.82, 2.24) is 0 Å². The summed E-state index contributed by atoms with van der Waals surface area (Å²) in [5.41, 5.74) is -0.599. The van der Waals surface area contributed by atoms with Crippen LogP contribution >= 0.6 is 0 Å². The molecule has 220 valence electrons. The van der Waals surface area contributed by atoms with E-state index in [2.05, 4.69) is 4.74 Å². The van der Waals surface area contributed by atoms with Gasteiger partial charge in [0.2, 0.25) is 0 Å². The minimum Gasteiger partial charge on any atom is -0.459 e. The highest BCUT2D eigenvalue weighted by atomic mass is 32.2. The molecule has 4 fully saturated rings. The zero-order chi connectivity index (χ0) is 28.9. The number of hydrogen-bond donors (Lipinski definition) is 1. The van der Waals surface area contributed by atoms with Gasteiger partial charge >= 0.3 is 39.2 Å². The van der Waals surface area contributed by atoms with Crippen molar-refractivity contribution in [3.05, 3.63) is 0 Å². The van der Waals surface area contributed by atoms with E-state index in [1.165, 1.54) is 0 Å². The Balaban J connectivity index is 1.32. The number of ether oxygens (including phenoxy) is 5. The van der Waals surface area contributed by atoms with E-state index in [0.717, 1.165) is 25.7 Å². The predicted octanol–water partition coefficient (Wildman–Crippen LogP) is 1.65. The molecule has 0 aromatic carbocycles. The summed E-state index contributed by atoms with van der Waals surface area (Å²) in [6, 6.07) is 0. The average Bonchev–Trinajstić information content (AvgIpc) is 3.57. The van der Waals surface area contributed by atoms with Crippen LogP contribution in [0.3, 0.4) is 0 Å². The van der Waals surface area contributed by atoms with Crippen molar-refractivity contribution in [3.63, 3.8) is 0 Å². The normalized spacial score (nSPS) is 31.7. The molecule has 0 radical (unpaired) electrons. The van der Waals surface area contributed by atoms with Crippen LogP contribution in [0.1, 0.15) is 52.9 Å². The van der Waals surface area contributed by atoms with E-state index in [1.807, 2.05) is 13.8 Å². The number of fused-ring (bicyclic) bond motifs is 1. The maximum Gasteiger partial charge on any atom is 0.405 e. The van der Waals surface area contributed by atoms with Gasteiger partial charge in [-0.05, 0) is 44.9 Å². The zero-order valence-corrected chi connectivity index (χ0v) is 22.5. The molecule has 4 rings (SSSR count). The average molecular weight is 583 g/mol. The highest BCUT2D eigenvalue weighted by Crippen LogP contribution is 2.59. The molecule has 4 aliphatic rings. The Morgan fingerprint density at radius 3 is 2.31 bits per heavy atom. The van der Waals surface area contributed by atoms with Gasteiger partial charge in [0.05, 0.1) is 11.8 Å². The minimum atomic E-state index is -5.83. The number of rotatable bonds is 11. The number of esters is 4. The molecule has 1 heterocycles. The smallest absolute Gasteiger partial charge is 0.405 e. The second-order valence-corrected chi connectivity index (χ2v) is 12.5. The summed E-state index contributed by atoms with van der Waals surface area (Å²) in [7, 11) is -5.83. The molecule has 39 heavy (non-hydrogen) atoms. The quantitative estimate of drug-likeness (QED) is 0.213. The predicted molar refractivity (Wildman–Crippen MR) is 123 cm³/mol. The van der Waals surface area contributed by atoms with Gasteiger partial charge in [-0.15, -0.1) is 0 Å². The van der Waals surface area contributed by atoms with Gasteiger partial charge in [-0.3, -0.25) is 14.1 Å². The summed E-state index contributed by atoms with van der Waals surface area (Å²) in [5, 5.41) is -4.75. The van der Waals surface area contributed by atoms with Crippen LogP contribution in [0.5, 0.6) is 0 Å². The molecule has 15 heteroatoms. The molecule has 3 saturated carbocycles. The van der Waals surface area contributed by atoms with E-state index in [0.29, 0.717) is 13.3 Å². The first-order valence-electron chi connectivity index (χ1n) is 12.8. The Labute approximate surface area is 223 Å². The van der Waals surface area contributed by atoms with E-state index >= 15 is 0 Å². The fourth-order valence-corrected chi connectivity index (χ4v) is 6.89. The molecular weight excluding hydrogens is 550 g/mol. The fourth-order valence-electron chi connectivity index (χ4n) is 6.42. The third kappa shape index (κ3) is 5.36. The van der Waals surface area contributed by atoms with Crippen molar-refractivity contribution in [2.75, 3.05) is 13.2 Å². The molecule has 12 nitrogen and oxygen atoms in total. The first kappa shape index (κ1) is 29.6. The topological polar surface area (TPSA) is 169 Å². The molecule has 1 saturated heterocycles. The Kier molecular flexibility index (Phi) is 8.00. The second kappa shape index (κ2) is 10.5. The van der Waals surface area contributed by atoms with Gasteiger partial charge in [0, 0.05) is 11.8 Å². The van der Waals surface area contributed by atoms with Crippen molar-refractivity contribution in [2.45, 2.75) is 82.0 Å². The lowest BCUT2D eigenvalue weighted by Crippen LogP contribution is -2.47. The molecule has 2 bridgehead atoms. The van der Waals surface area contributed by atoms with E-state index in [4.69, 9.17) is 23.5 Å². The highest BCUT2D eigenvalue weighted by Gasteiger charge is 2.70. The molecule has 0 aromatic rings. The summed E-state index contributed by atoms with van der Waals surface area (Å²) in [5.74, 6) is -5.63. The lowest BCUT2D eigenvalue weighted by molar-refractivity contribution is -0.180. The highest BCUT2D eigenvalue weighted by molar-refractivity contribution is 7.86. The summed E-state index contributed by atoms with van der Waals surface area (Å²) >= 11 is 0. The maximum atomic E-state index is 13.5. The molecule has 3 aliphatic carbocycles. The zero-order valence-electron chi connectivity index (χ0n) is 21.7. The van der Waals surface area contributed by atoms with Crippen LogP contribution in [-0.4, -0.2) is 79.2 Å². The molecule has 1 N–H and O–H groups in total. The minimum absolute atomic E-state index is 0.0885. The van der Waals surface area contributed by atoms with Crippen LogP contribution < -0.4 is 0 Å². The Morgan fingerprint density at radius 1 is 1.10 bits per heavy atom. The van der Waals surface area contributed by atoms with Crippen LogP contribution in [0.25, 0.3) is 0 Å².